The molecule has 0 aliphatic heterocycles. The molecule has 0 rings (SSSR count). The van der Waals surface area contributed by atoms with Gasteiger partial charge in [-0.25, -0.2) is 5.26 Å². The van der Waals surface area contributed by atoms with Crippen LogP contribution in [0.2, 0.25) is 19.6 Å². The van der Waals surface area contributed by atoms with Gasteiger partial charge in [0, 0.05) is 6.57 Å². The Morgan fingerprint density at radius 1 is 1.14 bits per heavy atom. The van der Waals surface area contributed by atoms with Crippen molar-refractivity contribution in [1.82, 2.24) is 0 Å². The second-order valence-electron chi connectivity index (χ2n) is 1.50. The number of nitrogens with zero attached hydrogens (tertiary/aromatic N) is 1. The van der Waals surface area contributed by atoms with E-state index in [9.17, 15) is 0 Å². The molecule has 0 aromatic rings. The Bertz CT molecular complexity index is 33.2. The zero-order valence-electron chi connectivity index (χ0n) is 5.52. The summed E-state index contributed by atoms with van der Waals surface area (Å²) in [6.07, 6.45) is 0. The van der Waals surface area contributed by atoms with Crippen LogP contribution in [0.1, 0.15) is 0 Å². The van der Waals surface area contributed by atoms with Crippen molar-refractivity contribution in [1.29, 1.82) is 5.26 Å². The van der Waals surface area contributed by atoms with Crippen molar-refractivity contribution < 1.29 is 29.6 Å². The summed E-state index contributed by atoms with van der Waals surface area (Å²) in [5.41, 5.74) is 0. The summed E-state index contributed by atoms with van der Waals surface area (Å²) >= 11 is 0. The van der Waals surface area contributed by atoms with E-state index in [-0.39, 0.29) is 38.4 Å². The Kier molecular flexibility index (Phi) is 35.5. The first kappa shape index (κ1) is 15.6. The molecule has 0 spiro atoms. The van der Waals surface area contributed by atoms with E-state index in [2.05, 4.69) is 26.2 Å². The minimum atomic E-state index is 0. The van der Waals surface area contributed by atoms with Crippen molar-refractivity contribution in [3.05, 3.63) is 0 Å². The van der Waals surface area contributed by atoms with E-state index in [1.165, 1.54) is 0 Å². The first-order chi connectivity index (χ1) is 2.73. The van der Waals surface area contributed by atoms with Crippen LogP contribution in [0.4, 0.5) is 0 Å². The van der Waals surface area contributed by atoms with Crippen LogP contribution in [0.5, 0.6) is 0 Å². The summed E-state index contributed by atoms with van der Waals surface area (Å²) in [7, 11) is 0.120. The molecule has 0 N–H and O–H groups in total. The van der Waals surface area contributed by atoms with Gasteiger partial charge in [0.05, 0.1) is 0 Å². The van der Waals surface area contributed by atoms with Gasteiger partial charge in [-0.3, -0.25) is 8.80 Å². The summed E-state index contributed by atoms with van der Waals surface area (Å²) in [5, 5.41) is 6.50. The topological polar surface area (TPSA) is 23.8 Å². The molecule has 0 radical (unpaired) electrons. The smallest absolute Gasteiger partial charge is 0.271 e. The van der Waals surface area contributed by atoms with Gasteiger partial charge in [-0.15, -0.1) is 0 Å². The zero-order chi connectivity index (χ0) is 5.58. The third-order valence-corrected chi connectivity index (χ3v) is 0. The number of hydrogen-bond acceptors (Lipinski definition) is 1. The summed E-state index contributed by atoms with van der Waals surface area (Å²) in [4.78, 5) is 0. The minimum absolute atomic E-state index is 0. The molecule has 0 aromatic carbocycles. The summed E-state index contributed by atoms with van der Waals surface area (Å²) < 4.78 is 0. The molecule has 3 heteroatoms. The van der Waals surface area contributed by atoms with E-state index in [1.54, 1.807) is 0 Å². The SMILES string of the molecule is C#N.C[Si-](C)C.[Na+]. The van der Waals surface area contributed by atoms with E-state index in [4.69, 9.17) is 5.26 Å². The molecule has 0 saturated heterocycles. The molecule has 0 aliphatic rings. The average molecular weight is 123 g/mol. The van der Waals surface area contributed by atoms with Crippen molar-refractivity contribution in [2.75, 3.05) is 0 Å². The first-order valence-electron chi connectivity index (χ1n) is 1.76. The Balaban J connectivity index is -0.0000000480. The summed E-state index contributed by atoms with van der Waals surface area (Å²) in [5.74, 6) is 0. The van der Waals surface area contributed by atoms with Crippen molar-refractivity contribution >= 4 is 8.80 Å². The molecule has 0 aromatic heterocycles. The average Bonchev–Trinajstić information content (AvgIpc) is 1.41. The van der Waals surface area contributed by atoms with Crippen molar-refractivity contribution in [3.63, 3.8) is 0 Å². The second kappa shape index (κ2) is 15.9. The molecule has 0 aliphatic carbocycles. The Morgan fingerprint density at radius 3 is 1.14 bits per heavy atom. The Hall–Kier alpha value is 0.707. The maximum Gasteiger partial charge on any atom is 1.00 e. The van der Waals surface area contributed by atoms with Gasteiger partial charge < -0.3 is 0 Å². The van der Waals surface area contributed by atoms with Gasteiger partial charge in [0.15, 0.2) is 0 Å². The molecule has 0 saturated carbocycles. The van der Waals surface area contributed by atoms with Crippen LogP contribution in [0.25, 0.3) is 0 Å². The van der Waals surface area contributed by atoms with E-state index in [1.807, 2.05) is 0 Å². The standard InChI is InChI=1S/C3H9Si.CHN.Na/c1-4(2)3;1-2;/h1-3H3;1H;/q-1;;+1. The van der Waals surface area contributed by atoms with Crippen LogP contribution in [0, 0.1) is 11.8 Å². The largest absolute Gasteiger partial charge is 1.00 e. The number of hydrogen-bond donors (Lipinski definition) is 0. The van der Waals surface area contributed by atoms with Crippen LogP contribution in [-0.4, -0.2) is 8.80 Å². The Morgan fingerprint density at radius 2 is 1.14 bits per heavy atom. The van der Waals surface area contributed by atoms with Crippen molar-refractivity contribution in [2.24, 2.45) is 0 Å². The van der Waals surface area contributed by atoms with Gasteiger partial charge in [-0.2, -0.15) is 19.6 Å². The molecule has 36 valence electrons. The third kappa shape index (κ3) is 297. The minimum Gasteiger partial charge on any atom is -0.271 e. The molecule has 0 fully saturated rings. The summed E-state index contributed by atoms with van der Waals surface area (Å²) in [6.45, 7) is 10.3. The monoisotopic (exact) mass is 123 g/mol. The summed E-state index contributed by atoms with van der Waals surface area (Å²) in [6, 6.07) is 0. The van der Waals surface area contributed by atoms with E-state index in [0.29, 0.717) is 0 Å². The number of nitriles is 1. The molecule has 0 bridgehead atoms. The molecule has 0 amide bonds. The molecule has 0 atom stereocenters. The molecule has 0 heterocycles. The predicted molar refractivity (Wildman–Crippen MR) is 30.0 cm³/mol. The van der Waals surface area contributed by atoms with Crippen LogP contribution in [0.3, 0.4) is 0 Å². The van der Waals surface area contributed by atoms with Crippen LogP contribution in [-0.2, 0) is 0 Å². The normalized spacial score (nSPS) is 5.43. The fraction of sp³-hybridized carbons (Fsp3) is 0.750. The van der Waals surface area contributed by atoms with Gasteiger partial charge in [0.2, 0.25) is 0 Å². The van der Waals surface area contributed by atoms with Crippen LogP contribution in [0.15, 0.2) is 0 Å². The molecule has 0 unspecified atom stereocenters. The van der Waals surface area contributed by atoms with E-state index in [0.717, 1.165) is 0 Å². The van der Waals surface area contributed by atoms with Crippen molar-refractivity contribution in [3.8, 4) is 6.57 Å². The Labute approximate surface area is 69.6 Å². The zero-order valence-corrected chi connectivity index (χ0v) is 8.52. The molecule has 7 heavy (non-hydrogen) atoms. The van der Waals surface area contributed by atoms with Crippen LogP contribution >= 0.6 is 0 Å². The van der Waals surface area contributed by atoms with Gasteiger partial charge in [0.25, 0.3) is 0 Å². The quantitative estimate of drug-likeness (QED) is 0.360. The van der Waals surface area contributed by atoms with Gasteiger partial charge >= 0.3 is 29.6 Å². The molecular weight excluding hydrogens is 113 g/mol. The van der Waals surface area contributed by atoms with Gasteiger partial charge in [0.1, 0.15) is 0 Å². The van der Waals surface area contributed by atoms with Gasteiger partial charge in [-0.05, 0) is 0 Å². The fourth-order valence-corrected chi connectivity index (χ4v) is 0. The number of rotatable bonds is 0. The second-order valence-corrected chi connectivity index (χ2v) is 4.50. The van der Waals surface area contributed by atoms with Crippen LogP contribution < -0.4 is 29.6 Å². The predicted octanol–water partition coefficient (Wildman–Crippen LogP) is -1.49. The first-order valence-corrected chi connectivity index (χ1v) is 4.76. The third-order valence-electron chi connectivity index (χ3n) is 0. The van der Waals surface area contributed by atoms with Crippen molar-refractivity contribution in [2.45, 2.75) is 19.6 Å². The fourth-order valence-electron chi connectivity index (χ4n) is 0. The van der Waals surface area contributed by atoms with E-state index < -0.39 is 0 Å². The maximum absolute atomic E-state index is 6.50. The maximum atomic E-state index is 6.50. The molecular formula is C4H10NNaSi. The molecule has 1 nitrogen and oxygen atoms in total. The van der Waals surface area contributed by atoms with E-state index >= 15 is 0 Å². The van der Waals surface area contributed by atoms with Gasteiger partial charge in [-0.1, -0.05) is 0 Å².